The van der Waals surface area contributed by atoms with Gasteiger partial charge in [0.05, 0.1) is 0 Å². The summed E-state index contributed by atoms with van der Waals surface area (Å²) in [6.45, 7) is 12.3. The van der Waals surface area contributed by atoms with Gasteiger partial charge in [0.2, 0.25) is 0 Å². The maximum atomic E-state index is 4.21. The Morgan fingerprint density at radius 1 is 1.31 bits per heavy atom. The van der Waals surface area contributed by atoms with E-state index in [1.165, 1.54) is 27.1 Å². The minimum atomic E-state index is 1.08. The predicted octanol–water partition coefficient (Wildman–Crippen LogP) is 2.80. The topological polar surface area (TPSA) is 0 Å². The molecule has 1 aliphatic rings. The van der Waals surface area contributed by atoms with Crippen LogP contribution in [0.4, 0.5) is 0 Å². The zero-order chi connectivity index (χ0) is 11.7. The van der Waals surface area contributed by atoms with Crippen molar-refractivity contribution >= 4 is 18.7 Å². The second-order valence-electron chi connectivity index (χ2n) is 4.68. The van der Waals surface area contributed by atoms with Crippen molar-refractivity contribution in [2.45, 2.75) is 26.7 Å². The Labute approximate surface area is 97.3 Å². The Hall–Kier alpha value is -1.56. The lowest BCUT2D eigenvalue weighted by Gasteiger charge is -2.14. The Morgan fingerprint density at radius 3 is 2.75 bits per heavy atom. The molecular formula is C16H18. The first-order valence-electron chi connectivity index (χ1n) is 5.73. The Bertz CT molecular complexity index is 571. The molecule has 16 heavy (non-hydrogen) atoms. The molecule has 0 heteroatoms. The van der Waals surface area contributed by atoms with Crippen molar-refractivity contribution < 1.29 is 0 Å². The smallest absolute Gasteiger partial charge is 0.0184 e. The van der Waals surface area contributed by atoms with Crippen LogP contribution in [0.25, 0.3) is 18.7 Å². The van der Waals surface area contributed by atoms with Crippen molar-refractivity contribution in [3.63, 3.8) is 0 Å². The van der Waals surface area contributed by atoms with Crippen molar-refractivity contribution in [1.82, 2.24) is 0 Å². The summed E-state index contributed by atoms with van der Waals surface area (Å²) < 4.78 is 0. The molecule has 0 fully saturated rings. The fraction of sp³-hybridized carbons (Fsp3) is 0.250. The first-order valence-corrected chi connectivity index (χ1v) is 5.73. The van der Waals surface area contributed by atoms with E-state index in [1.54, 1.807) is 0 Å². The van der Waals surface area contributed by atoms with E-state index in [1.807, 2.05) is 6.92 Å². The Balaban J connectivity index is 2.67. The lowest BCUT2D eigenvalue weighted by atomic mass is 9.91. The highest BCUT2D eigenvalue weighted by molar-refractivity contribution is 5.60. The summed E-state index contributed by atoms with van der Waals surface area (Å²) in [6.07, 6.45) is 6.66. The van der Waals surface area contributed by atoms with Crippen LogP contribution in [0.5, 0.6) is 0 Å². The Kier molecular flexibility index (Phi) is 2.82. The van der Waals surface area contributed by atoms with Gasteiger partial charge < -0.3 is 0 Å². The van der Waals surface area contributed by atoms with E-state index >= 15 is 0 Å². The SMILES string of the molecule is C=C(C)/C=c1/ccc2c(c1=C)CCC(C)=C2. The van der Waals surface area contributed by atoms with E-state index in [0.29, 0.717) is 0 Å². The van der Waals surface area contributed by atoms with Gasteiger partial charge in [-0.05, 0) is 48.3 Å². The van der Waals surface area contributed by atoms with Crippen LogP contribution in [0.15, 0.2) is 29.9 Å². The molecule has 0 nitrogen and oxygen atoms in total. The van der Waals surface area contributed by atoms with Crippen molar-refractivity contribution in [2.75, 3.05) is 0 Å². The van der Waals surface area contributed by atoms with Gasteiger partial charge in [-0.15, -0.1) is 0 Å². The maximum absolute atomic E-state index is 4.21. The molecular weight excluding hydrogens is 192 g/mol. The second kappa shape index (κ2) is 4.13. The molecule has 0 heterocycles. The van der Waals surface area contributed by atoms with Crippen LogP contribution in [-0.4, -0.2) is 0 Å². The van der Waals surface area contributed by atoms with E-state index < -0.39 is 0 Å². The Morgan fingerprint density at radius 2 is 2.06 bits per heavy atom. The molecule has 0 radical (unpaired) electrons. The van der Waals surface area contributed by atoms with Gasteiger partial charge in [-0.3, -0.25) is 0 Å². The van der Waals surface area contributed by atoms with Gasteiger partial charge in [0.1, 0.15) is 0 Å². The van der Waals surface area contributed by atoms with Crippen molar-refractivity contribution in [3.8, 4) is 0 Å². The van der Waals surface area contributed by atoms with Crippen LogP contribution in [-0.2, 0) is 6.42 Å². The van der Waals surface area contributed by atoms with Gasteiger partial charge in [0, 0.05) is 0 Å². The van der Waals surface area contributed by atoms with Crippen molar-refractivity contribution in [2.24, 2.45) is 0 Å². The van der Waals surface area contributed by atoms with Gasteiger partial charge in [0.15, 0.2) is 0 Å². The third-order valence-corrected chi connectivity index (χ3v) is 3.08. The van der Waals surface area contributed by atoms with Crippen LogP contribution < -0.4 is 10.4 Å². The van der Waals surface area contributed by atoms with E-state index in [2.05, 4.69) is 44.4 Å². The summed E-state index contributed by atoms with van der Waals surface area (Å²) in [5.41, 5.74) is 5.28. The van der Waals surface area contributed by atoms with Gasteiger partial charge in [-0.2, -0.15) is 0 Å². The average Bonchev–Trinajstić information content (AvgIpc) is 2.22. The summed E-state index contributed by atoms with van der Waals surface area (Å²) in [6, 6.07) is 4.34. The van der Waals surface area contributed by atoms with Gasteiger partial charge in [0.25, 0.3) is 0 Å². The molecule has 0 unspecified atom stereocenters. The average molecular weight is 210 g/mol. The first kappa shape index (κ1) is 10.9. The van der Waals surface area contributed by atoms with Crippen LogP contribution >= 0.6 is 0 Å². The zero-order valence-electron chi connectivity index (χ0n) is 10.1. The molecule has 1 aromatic rings. The zero-order valence-corrected chi connectivity index (χ0v) is 10.1. The van der Waals surface area contributed by atoms with Gasteiger partial charge >= 0.3 is 0 Å². The third-order valence-electron chi connectivity index (χ3n) is 3.08. The molecule has 82 valence electrons. The second-order valence-corrected chi connectivity index (χ2v) is 4.68. The van der Waals surface area contributed by atoms with Crippen LogP contribution in [0.1, 0.15) is 31.4 Å². The normalized spacial score (nSPS) is 15.6. The van der Waals surface area contributed by atoms with E-state index in [4.69, 9.17) is 0 Å². The standard InChI is InChI=1S/C16H18/c1-11(2)9-14-6-7-15-10-12(3)5-8-16(15)13(14)4/h6-7,9-10H,1,4-5,8H2,2-3H3/b14-9-. The molecule has 1 aliphatic carbocycles. The molecule has 0 amide bonds. The van der Waals surface area contributed by atoms with E-state index in [-0.39, 0.29) is 0 Å². The summed E-state index contributed by atoms with van der Waals surface area (Å²) in [4.78, 5) is 0. The molecule has 0 N–H and O–H groups in total. The summed E-state index contributed by atoms with van der Waals surface area (Å²) in [7, 11) is 0. The molecule has 0 spiro atoms. The first-order chi connectivity index (χ1) is 7.58. The lowest BCUT2D eigenvalue weighted by Crippen LogP contribution is -2.29. The number of benzene rings is 1. The monoisotopic (exact) mass is 210 g/mol. The predicted molar refractivity (Wildman–Crippen MR) is 72.5 cm³/mol. The highest BCUT2D eigenvalue weighted by Gasteiger charge is 2.08. The van der Waals surface area contributed by atoms with Crippen LogP contribution in [0.3, 0.4) is 0 Å². The molecule has 1 aromatic carbocycles. The van der Waals surface area contributed by atoms with E-state index in [0.717, 1.165) is 18.4 Å². The minimum absolute atomic E-state index is 1.08. The van der Waals surface area contributed by atoms with E-state index in [9.17, 15) is 0 Å². The quantitative estimate of drug-likeness (QED) is 0.668. The number of hydrogen-bond acceptors (Lipinski definition) is 0. The lowest BCUT2D eigenvalue weighted by molar-refractivity contribution is 0.918. The molecule has 2 rings (SSSR count). The highest BCUT2D eigenvalue weighted by Crippen LogP contribution is 2.19. The molecule has 0 saturated heterocycles. The van der Waals surface area contributed by atoms with Crippen molar-refractivity contribution in [1.29, 1.82) is 0 Å². The molecule has 0 aromatic heterocycles. The van der Waals surface area contributed by atoms with Gasteiger partial charge in [-0.1, -0.05) is 48.6 Å². The fourth-order valence-electron chi connectivity index (χ4n) is 2.22. The number of fused-ring (bicyclic) bond motifs is 1. The van der Waals surface area contributed by atoms with Crippen LogP contribution in [0.2, 0.25) is 0 Å². The summed E-state index contributed by atoms with van der Waals surface area (Å²) in [5, 5.41) is 2.38. The van der Waals surface area contributed by atoms with Crippen LogP contribution in [0, 0.1) is 0 Å². The molecule has 0 atom stereocenters. The fourth-order valence-corrected chi connectivity index (χ4v) is 2.22. The summed E-state index contributed by atoms with van der Waals surface area (Å²) >= 11 is 0. The van der Waals surface area contributed by atoms with Gasteiger partial charge in [-0.25, -0.2) is 0 Å². The van der Waals surface area contributed by atoms with Crippen molar-refractivity contribution in [3.05, 3.63) is 51.4 Å². The molecule has 0 saturated carbocycles. The minimum Gasteiger partial charge on any atom is -0.0961 e. The number of rotatable bonds is 1. The summed E-state index contributed by atoms with van der Waals surface area (Å²) in [5.74, 6) is 0. The number of allylic oxidation sites excluding steroid dienone is 2. The molecule has 0 aliphatic heterocycles. The highest BCUT2D eigenvalue weighted by atomic mass is 14.1. The maximum Gasteiger partial charge on any atom is -0.0184 e. The third kappa shape index (κ3) is 2.01. The number of hydrogen-bond donors (Lipinski definition) is 0. The largest absolute Gasteiger partial charge is 0.0961 e. The molecule has 0 bridgehead atoms.